The van der Waals surface area contributed by atoms with Crippen molar-refractivity contribution in [3.8, 4) is 0 Å². The highest BCUT2D eigenvalue weighted by Crippen LogP contribution is 2.34. The predicted molar refractivity (Wildman–Crippen MR) is 73.1 cm³/mol. The number of hydrogen-bond acceptors (Lipinski definition) is 5. The van der Waals surface area contributed by atoms with Crippen molar-refractivity contribution in [1.29, 1.82) is 0 Å². The lowest BCUT2D eigenvalue weighted by atomic mass is 9.80. The number of amides is 2. The fourth-order valence-electron chi connectivity index (χ4n) is 3.44. The van der Waals surface area contributed by atoms with Crippen LogP contribution in [0.25, 0.3) is 0 Å². The highest BCUT2D eigenvalue weighted by atomic mass is 16.6. The van der Waals surface area contributed by atoms with Crippen LogP contribution in [-0.2, 0) is 14.3 Å². The quantitative estimate of drug-likeness (QED) is 0.746. The third kappa shape index (κ3) is 2.67. The Morgan fingerprint density at radius 3 is 2.43 bits per heavy atom. The molecule has 1 aliphatic heterocycles. The van der Waals surface area contributed by atoms with Gasteiger partial charge in [-0.25, -0.2) is 9.59 Å². The number of rotatable bonds is 4. The van der Waals surface area contributed by atoms with E-state index in [2.05, 4.69) is 0 Å². The van der Waals surface area contributed by atoms with E-state index < -0.39 is 34.5 Å². The van der Waals surface area contributed by atoms with Crippen molar-refractivity contribution in [3.63, 3.8) is 0 Å². The molecule has 3 atom stereocenters. The number of ether oxygens (including phenoxy) is 1. The summed E-state index contributed by atoms with van der Waals surface area (Å²) in [5.74, 6) is -1.26. The minimum atomic E-state index is -1.15. The highest BCUT2D eigenvalue weighted by Gasteiger charge is 2.60. The molecule has 0 aromatic rings. The number of hydrogen-bond donors (Lipinski definition) is 2. The minimum absolute atomic E-state index is 0.154. The molecule has 2 rings (SSSR count). The molecule has 1 heterocycles. The van der Waals surface area contributed by atoms with Crippen molar-refractivity contribution in [2.75, 3.05) is 13.7 Å². The van der Waals surface area contributed by atoms with Gasteiger partial charge in [-0.2, -0.15) is 4.79 Å². The lowest BCUT2D eigenvalue weighted by Crippen LogP contribution is -2.66. The van der Waals surface area contributed by atoms with E-state index in [9.17, 15) is 19.5 Å². The van der Waals surface area contributed by atoms with Crippen molar-refractivity contribution in [2.24, 2.45) is 11.7 Å². The number of methoxy groups -OCH3 is 1. The lowest BCUT2D eigenvalue weighted by molar-refractivity contribution is -0.786. The largest absolute Gasteiger partial charge is 0.524 e. The molecule has 7 heteroatoms. The smallest absolute Gasteiger partial charge is 0.477 e. The van der Waals surface area contributed by atoms with E-state index in [0.29, 0.717) is 18.8 Å². The van der Waals surface area contributed by atoms with Crippen LogP contribution in [0.3, 0.4) is 0 Å². The summed E-state index contributed by atoms with van der Waals surface area (Å²) in [6, 6.07) is -1.90. The summed E-state index contributed by atoms with van der Waals surface area (Å²) in [5.41, 5.74) is 5.98. The molecule has 0 radical (unpaired) electrons. The highest BCUT2D eigenvalue weighted by molar-refractivity contribution is 5.89. The van der Waals surface area contributed by atoms with Gasteiger partial charge >= 0.3 is 18.0 Å². The van der Waals surface area contributed by atoms with Gasteiger partial charge in [0.05, 0.1) is 13.7 Å². The fraction of sp³-hybridized carbons (Fsp3) is 0.786. The summed E-state index contributed by atoms with van der Waals surface area (Å²) in [6.45, 7) is 0.154. The molecule has 1 unspecified atom stereocenters. The first kappa shape index (κ1) is 15.9. The van der Waals surface area contributed by atoms with Gasteiger partial charge in [0.1, 0.15) is 6.04 Å². The van der Waals surface area contributed by atoms with Gasteiger partial charge < -0.3 is 15.6 Å². The van der Waals surface area contributed by atoms with Gasteiger partial charge in [-0.15, -0.1) is 4.48 Å². The third-order valence-corrected chi connectivity index (χ3v) is 4.83. The summed E-state index contributed by atoms with van der Waals surface area (Å²) in [7, 11) is 1.17. The number of carboxylic acids is 1. The van der Waals surface area contributed by atoms with Crippen LogP contribution in [0.15, 0.2) is 0 Å². The Labute approximate surface area is 123 Å². The maximum absolute atomic E-state index is 12.7. The molecule has 1 saturated carbocycles. The van der Waals surface area contributed by atoms with Gasteiger partial charge in [-0.1, -0.05) is 19.3 Å². The standard InChI is InChI=1S/C14H22N2O5/c1-21-14(20)16(7-3-6-11(16)13(18)19)12(17)10(15)8-9-4-2-5-9/h9-11H,2-8,15H2,1H3/p+1/t10-,11+,16?/m1/s1. The summed E-state index contributed by atoms with van der Waals surface area (Å²) in [6.07, 6.45) is 3.71. The van der Waals surface area contributed by atoms with Gasteiger partial charge in [-0.3, -0.25) is 0 Å². The zero-order valence-electron chi connectivity index (χ0n) is 12.3. The summed E-state index contributed by atoms with van der Waals surface area (Å²) in [5, 5.41) is 9.35. The Bertz CT molecular complexity index is 449. The zero-order valence-corrected chi connectivity index (χ0v) is 12.3. The first-order valence-electron chi connectivity index (χ1n) is 7.42. The number of aliphatic carboxylic acids is 1. The van der Waals surface area contributed by atoms with E-state index in [0.717, 1.165) is 19.3 Å². The SMILES string of the molecule is COC(=O)[N+]1(C(=O)[C@H](N)CC2CCC2)CCC[C@H]1C(=O)O. The topological polar surface area (TPSA) is 107 Å². The maximum Gasteiger partial charge on any atom is 0.524 e. The Kier molecular flexibility index (Phi) is 4.63. The molecule has 2 fully saturated rings. The van der Waals surface area contributed by atoms with Crippen molar-refractivity contribution < 1.29 is 28.7 Å². The number of imide groups is 1. The predicted octanol–water partition coefficient (Wildman–Crippen LogP) is 0.861. The van der Waals surface area contributed by atoms with E-state index in [1.165, 1.54) is 7.11 Å². The number of carboxylic acid groups (broad SMARTS) is 1. The second-order valence-electron chi connectivity index (χ2n) is 6.04. The molecule has 118 valence electrons. The van der Waals surface area contributed by atoms with Crippen molar-refractivity contribution in [3.05, 3.63) is 0 Å². The van der Waals surface area contributed by atoms with E-state index in [-0.39, 0.29) is 13.0 Å². The van der Waals surface area contributed by atoms with Crippen LogP contribution in [0, 0.1) is 5.92 Å². The van der Waals surface area contributed by atoms with Crippen LogP contribution in [0.4, 0.5) is 4.79 Å². The summed E-state index contributed by atoms with van der Waals surface area (Å²) >= 11 is 0. The Balaban J connectivity index is 2.24. The van der Waals surface area contributed by atoms with Crippen LogP contribution in [0.1, 0.15) is 38.5 Å². The van der Waals surface area contributed by atoms with Gasteiger partial charge in [0, 0.05) is 12.8 Å². The minimum Gasteiger partial charge on any atom is -0.477 e. The monoisotopic (exact) mass is 299 g/mol. The van der Waals surface area contributed by atoms with Crippen molar-refractivity contribution in [2.45, 2.75) is 50.6 Å². The van der Waals surface area contributed by atoms with Crippen LogP contribution in [-0.4, -0.2) is 53.3 Å². The van der Waals surface area contributed by atoms with Crippen molar-refractivity contribution in [1.82, 2.24) is 0 Å². The number of carbonyl (C=O) groups excluding carboxylic acids is 2. The number of quaternary nitrogens is 1. The molecule has 0 aromatic heterocycles. The molecule has 0 bridgehead atoms. The van der Waals surface area contributed by atoms with Gasteiger partial charge in [0.2, 0.25) is 6.04 Å². The first-order chi connectivity index (χ1) is 9.93. The molecular formula is C14H23N2O5+. The summed E-state index contributed by atoms with van der Waals surface area (Å²) < 4.78 is 3.94. The molecule has 0 aromatic carbocycles. The molecule has 7 nitrogen and oxygen atoms in total. The van der Waals surface area contributed by atoms with Gasteiger partial charge in [0.15, 0.2) is 0 Å². The van der Waals surface area contributed by atoms with Crippen molar-refractivity contribution >= 4 is 18.0 Å². The molecule has 3 N–H and O–H groups in total. The normalized spacial score (nSPS) is 30.5. The third-order valence-electron chi connectivity index (χ3n) is 4.83. The summed E-state index contributed by atoms with van der Waals surface area (Å²) in [4.78, 5) is 36.4. The Hall–Kier alpha value is -1.47. The molecule has 21 heavy (non-hydrogen) atoms. The maximum atomic E-state index is 12.7. The molecule has 1 aliphatic carbocycles. The van der Waals surface area contributed by atoms with E-state index >= 15 is 0 Å². The van der Waals surface area contributed by atoms with Gasteiger partial charge in [-0.05, 0) is 12.3 Å². The average molecular weight is 299 g/mol. The zero-order chi connectivity index (χ0) is 15.6. The van der Waals surface area contributed by atoms with Gasteiger partial charge in [0.25, 0.3) is 0 Å². The first-order valence-corrected chi connectivity index (χ1v) is 7.42. The second kappa shape index (κ2) is 6.11. The Morgan fingerprint density at radius 2 is 1.95 bits per heavy atom. The van der Waals surface area contributed by atoms with E-state index in [1.807, 2.05) is 0 Å². The molecule has 1 saturated heterocycles. The number of carbonyl (C=O) groups is 3. The molecule has 2 aliphatic rings. The molecule has 2 amide bonds. The second-order valence-corrected chi connectivity index (χ2v) is 6.04. The van der Waals surface area contributed by atoms with Crippen LogP contribution in [0.2, 0.25) is 0 Å². The number of nitrogens with zero attached hydrogens (tertiary/aromatic N) is 1. The lowest BCUT2D eigenvalue weighted by Gasteiger charge is -2.34. The number of nitrogens with two attached hydrogens (primary N) is 1. The van der Waals surface area contributed by atoms with Crippen LogP contribution < -0.4 is 5.73 Å². The van der Waals surface area contributed by atoms with E-state index in [4.69, 9.17) is 10.5 Å². The number of likely N-dealkylation sites (tertiary alicyclic amines) is 1. The van der Waals surface area contributed by atoms with E-state index in [1.54, 1.807) is 0 Å². The van der Waals surface area contributed by atoms with Crippen LogP contribution in [0.5, 0.6) is 0 Å². The fourth-order valence-corrected chi connectivity index (χ4v) is 3.44. The molecular weight excluding hydrogens is 276 g/mol. The van der Waals surface area contributed by atoms with Crippen LogP contribution >= 0.6 is 0 Å². The Morgan fingerprint density at radius 1 is 1.29 bits per heavy atom. The molecule has 0 spiro atoms. The average Bonchev–Trinajstić information content (AvgIpc) is 2.86.